The van der Waals surface area contributed by atoms with Crippen molar-refractivity contribution in [3.63, 3.8) is 0 Å². The number of piperazine rings is 1. The van der Waals surface area contributed by atoms with Crippen LogP contribution in [0, 0.1) is 0 Å². The molecule has 3 rings (SSSR count). The monoisotopic (exact) mass is 442 g/mol. The van der Waals surface area contributed by atoms with E-state index in [1.54, 1.807) is 17.0 Å². The molecule has 1 aliphatic rings. The zero-order chi connectivity index (χ0) is 21.9. The fourth-order valence-electron chi connectivity index (χ4n) is 3.19. The van der Waals surface area contributed by atoms with E-state index in [1.165, 1.54) is 36.4 Å². The van der Waals surface area contributed by atoms with E-state index in [0.29, 0.717) is 38.3 Å². The Morgan fingerprint density at radius 1 is 0.967 bits per heavy atom. The summed E-state index contributed by atoms with van der Waals surface area (Å²) < 4.78 is 63.6. The zero-order valence-corrected chi connectivity index (χ0v) is 17.0. The molecule has 0 saturated carbocycles. The largest absolute Gasteiger partial charge is 0.573 e. The summed E-state index contributed by atoms with van der Waals surface area (Å²) in [6, 6.07) is 11.6. The molecule has 0 spiro atoms. The quantitative estimate of drug-likeness (QED) is 0.713. The van der Waals surface area contributed by atoms with Gasteiger partial charge in [0.15, 0.2) is 9.84 Å². The molecule has 0 bridgehead atoms. The third kappa shape index (κ3) is 5.96. The number of alkyl halides is 3. The van der Waals surface area contributed by atoms with E-state index in [9.17, 15) is 26.4 Å². The predicted molar refractivity (Wildman–Crippen MR) is 104 cm³/mol. The van der Waals surface area contributed by atoms with E-state index in [2.05, 4.69) is 9.64 Å². The lowest BCUT2D eigenvalue weighted by atomic mass is 10.1. The predicted octanol–water partition coefficient (Wildman–Crippen LogP) is 2.95. The maximum Gasteiger partial charge on any atom is 0.573 e. The molecule has 0 aromatic heterocycles. The Kier molecular flexibility index (Phi) is 6.37. The first-order chi connectivity index (χ1) is 14.0. The molecular formula is C20H21F3N2O4S. The first-order valence-corrected chi connectivity index (χ1v) is 11.1. The number of nitrogens with zero attached hydrogens (tertiary/aromatic N) is 2. The SMILES string of the molecule is CS(=O)(=O)c1ccc(C(=O)N2CCN(Cc3ccc(OC(F)(F)F)cc3)CC2)cc1. The van der Waals surface area contributed by atoms with Gasteiger partial charge in [0.25, 0.3) is 5.91 Å². The highest BCUT2D eigenvalue weighted by Gasteiger charge is 2.31. The van der Waals surface area contributed by atoms with Crippen LogP contribution in [-0.4, -0.2) is 62.9 Å². The number of carbonyl (C=O) groups excluding carboxylic acids is 1. The number of amides is 1. The van der Waals surface area contributed by atoms with Gasteiger partial charge in [-0.15, -0.1) is 13.2 Å². The van der Waals surface area contributed by atoms with Gasteiger partial charge >= 0.3 is 6.36 Å². The Morgan fingerprint density at radius 3 is 2.03 bits per heavy atom. The van der Waals surface area contributed by atoms with Crippen molar-refractivity contribution in [1.29, 1.82) is 0 Å². The second-order valence-corrected chi connectivity index (χ2v) is 9.07. The normalized spacial score (nSPS) is 15.8. The van der Waals surface area contributed by atoms with E-state index >= 15 is 0 Å². The Bertz CT molecular complexity index is 982. The van der Waals surface area contributed by atoms with E-state index in [-0.39, 0.29) is 16.6 Å². The topological polar surface area (TPSA) is 66.9 Å². The summed E-state index contributed by atoms with van der Waals surface area (Å²) >= 11 is 0. The number of ether oxygens (including phenoxy) is 1. The van der Waals surface area contributed by atoms with Gasteiger partial charge in [0, 0.05) is 44.5 Å². The van der Waals surface area contributed by atoms with Crippen molar-refractivity contribution in [2.75, 3.05) is 32.4 Å². The molecule has 0 N–H and O–H groups in total. The van der Waals surface area contributed by atoms with Crippen LogP contribution in [0.5, 0.6) is 5.75 Å². The van der Waals surface area contributed by atoms with E-state index in [1.807, 2.05) is 0 Å². The smallest absolute Gasteiger partial charge is 0.406 e. The molecule has 1 heterocycles. The molecule has 1 saturated heterocycles. The minimum absolute atomic E-state index is 0.163. The average Bonchev–Trinajstić information content (AvgIpc) is 2.68. The summed E-state index contributed by atoms with van der Waals surface area (Å²) in [6.45, 7) is 2.79. The summed E-state index contributed by atoms with van der Waals surface area (Å²) in [4.78, 5) is 16.6. The highest BCUT2D eigenvalue weighted by molar-refractivity contribution is 7.90. The molecule has 6 nitrogen and oxygen atoms in total. The van der Waals surface area contributed by atoms with Gasteiger partial charge in [-0.2, -0.15) is 0 Å². The molecule has 2 aromatic carbocycles. The van der Waals surface area contributed by atoms with Gasteiger partial charge in [-0.05, 0) is 42.0 Å². The second kappa shape index (κ2) is 8.65. The Morgan fingerprint density at radius 2 is 1.53 bits per heavy atom. The van der Waals surface area contributed by atoms with Gasteiger partial charge in [-0.1, -0.05) is 12.1 Å². The fourth-order valence-corrected chi connectivity index (χ4v) is 3.82. The lowest BCUT2D eigenvalue weighted by molar-refractivity contribution is -0.274. The van der Waals surface area contributed by atoms with Crippen LogP contribution in [0.1, 0.15) is 15.9 Å². The standard InChI is InChI=1S/C20H21F3N2O4S/c1-30(27,28)18-8-4-16(5-9-18)19(26)25-12-10-24(11-13-25)14-15-2-6-17(7-3-15)29-20(21,22)23/h2-9H,10-14H2,1H3. The van der Waals surface area contributed by atoms with E-state index in [4.69, 9.17) is 0 Å². The summed E-state index contributed by atoms with van der Waals surface area (Å²) in [5.74, 6) is -0.424. The second-order valence-electron chi connectivity index (χ2n) is 7.06. The van der Waals surface area contributed by atoms with Crippen LogP contribution in [0.2, 0.25) is 0 Å². The van der Waals surface area contributed by atoms with Crippen molar-refractivity contribution in [2.24, 2.45) is 0 Å². The van der Waals surface area contributed by atoms with E-state index < -0.39 is 16.2 Å². The van der Waals surface area contributed by atoms with Crippen LogP contribution in [0.4, 0.5) is 13.2 Å². The number of sulfone groups is 1. The summed E-state index contributed by atoms with van der Waals surface area (Å²) in [6.07, 6.45) is -3.60. The van der Waals surface area contributed by atoms with Crippen LogP contribution in [0.25, 0.3) is 0 Å². The highest BCUT2D eigenvalue weighted by atomic mass is 32.2. The van der Waals surface area contributed by atoms with Crippen molar-refractivity contribution in [3.05, 3.63) is 59.7 Å². The lowest BCUT2D eigenvalue weighted by Gasteiger charge is -2.34. The average molecular weight is 442 g/mol. The van der Waals surface area contributed by atoms with Gasteiger partial charge in [0.2, 0.25) is 0 Å². The van der Waals surface area contributed by atoms with Gasteiger partial charge < -0.3 is 9.64 Å². The number of halogens is 3. The highest BCUT2D eigenvalue weighted by Crippen LogP contribution is 2.23. The van der Waals surface area contributed by atoms with Crippen molar-refractivity contribution in [3.8, 4) is 5.75 Å². The third-order valence-electron chi connectivity index (χ3n) is 4.75. The van der Waals surface area contributed by atoms with Crippen molar-refractivity contribution in [2.45, 2.75) is 17.8 Å². The maximum absolute atomic E-state index is 12.6. The maximum atomic E-state index is 12.6. The molecule has 1 fully saturated rings. The molecule has 162 valence electrons. The number of benzene rings is 2. The van der Waals surface area contributed by atoms with Crippen LogP contribution in [0.15, 0.2) is 53.4 Å². The molecular weight excluding hydrogens is 421 g/mol. The molecule has 0 radical (unpaired) electrons. The first kappa shape index (κ1) is 22.1. The van der Waals surface area contributed by atoms with Crippen molar-refractivity contribution in [1.82, 2.24) is 9.80 Å². The van der Waals surface area contributed by atoms with Crippen LogP contribution < -0.4 is 4.74 Å². The number of hydrogen-bond acceptors (Lipinski definition) is 5. The summed E-state index contributed by atoms with van der Waals surface area (Å²) in [5, 5.41) is 0. The molecule has 1 aliphatic heterocycles. The minimum Gasteiger partial charge on any atom is -0.406 e. The minimum atomic E-state index is -4.71. The van der Waals surface area contributed by atoms with Gasteiger partial charge in [-0.25, -0.2) is 8.42 Å². The Labute approximate surface area is 172 Å². The molecule has 0 aliphatic carbocycles. The van der Waals surface area contributed by atoms with Crippen LogP contribution >= 0.6 is 0 Å². The Hall–Kier alpha value is -2.59. The zero-order valence-electron chi connectivity index (χ0n) is 16.2. The van der Waals surface area contributed by atoms with Gasteiger partial charge in [-0.3, -0.25) is 9.69 Å². The fraction of sp³-hybridized carbons (Fsp3) is 0.350. The van der Waals surface area contributed by atoms with Gasteiger partial charge in [0.05, 0.1) is 4.90 Å². The summed E-state index contributed by atoms with van der Waals surface area (Å²) in [7, 11) is -3.31. The first-order valence-electron chi connectivity index (χ1n) is 9.18. The summed E-state index contributed by atoms with van der Waals surface area (Å²) in [5.41, 5.74) is 1.27. The molecule has 30 heavy (non-hydrogen) atoms. The van der Waals surface area contributed by atoms with E-state index in [0.717, 1.165) is 11.8 Å². The van der Waals surface area contributed by atoms with Gasteiger partial charge in [0.1, 0.15) is 5.75 Å². The van der Waals surface area contributed by atoms with Crippen LogP contribution in [0.3, 0.4) is 0 Å². The Balaban J connectivity index is 1.52. The lowest BCUT2D eigenvalue weighted by Crippen LogP contribution is -2.48. The van der Waals surface area contributed by atoms with Crippen molar-refractivity contribution < 1.29 is 31.1 Å². The molecule has 10 heteroatoms. The third-order valence-corrected chi connectivity index (χ3v) is 5.88. The number of rotatable bonds is 5. The number of carbonyl (C=O) groups is 1. The van der Waals surface area contributed by atoms with Crippen LogP contribution in [-0.2, 0) is 16.4 Å². The molecule has 0 atom stereocenters. The molecule has 1 amide bonds. The number of hydrogen-bond donors (Lipinski definition) is 0. The molecule has 2 aromatic rings. The molecule has 0 unspecified atom stereocenters. The van der Waals surface area contributed by atoms with Crippen molar-refractivity contribution >= 4 is 15.7 Å².